The highest BCUT2D eigenvalue weighted by Crippen LogP contribution is 2.15. The average molecular weight is 459 g/mol. The van der Waals surface area contributed by atoms with Gasteiger partial charge in [-0.15, -0.1) is 0 Å². The molecule has 7 heteroatoms. The number of rotatable bonds is 10. The van der Waals surface area contributed by atoms with Crippen LogP contribution in [0.4, 0.5) is 17.1 Å². The van der Waals surface area contributed by atoms with Gasteiger partial charge in [-0.2, -0.15) is 0 Å². The number of nitrogens with one attached hydrogen (secondary N) is 4. The summed E-state index contributed by atoms with van der Waals surface area (Å²) in [6, 6.07) is 21.3. The molecule has 0 aliphatic carbocycles. The highest BCUT2D eigenvalue weighted by molar-refractivity contribution is 6.04. The van der Waals surface area contributed by atoms with Gasteiger partial charge in [0, 0.05) is 34.7 Å². The van der Waals surface area contributed by atoms with Crippen LogP contribution in [0.5, 0.6) is 0 Å². The van der Waals surface area contributed by atoms with Gasteiger partial charge in [0.15, 0.2) is 0 Å². The molecule has 3 amide bonds. The Morgan fingerprint density at radius 3 is 2.06 bits per heavy atom. The van der Waals surface area contributed by atoms with Crippen LogP contribution in [0, 0.1) is 6.92 Å². The van der Waals surface area contributed by atoms with Crippen molar-refractivity contribution in [2.45, 2.75) is 26.7 Å². The molecular weight excluding hydrogens is 428 g/mol. The lowest BCUT2D eigenvalue weighted by molar-refractivity contribution is -0.114. The van der Waals surface area contributed by atoms with Crippen molar-refractivity contribution < 1.29 is 14.4 Å². The van der Waals surface area contributed by atoms with Gasteiger partial charge in [-0.05, 0) is 74.0 Å². The van der Waals surface area contributed by atoms with Crippen LogP contribution in [0.3, 0.4) is 0 Å². The number of aryl methyl sites for hydroxylation is 1. The molecule has 0 radical (unpaired) electrons. The molecule has 4 N–H and O–H groups in total. The average Bonchev–Trinajstić information content (AvgIpc) is 2.84. The molecule has 0 atom stereocenters. The number of benzene rings is 3. The smallest absolute Gasteiger partial charge is 0.255 e. The van der Waals surface area contributed by atoms with Crippen molar-refractivity contribution in [2.24, 2.45) is 0 Å². The largest absolute Gasteiger partial charge is 0.376 e. The Morgan fingerprint density at radius 2 is 1.38 bits per heavy atom. The van der Waals surface area contributed by atoms with Crippen LogP contribution in [-0.2, 0) is 4.79 Å². The topological polar surface area (TPSA) is 99.3 Å². The minimum atomic E-state index is -0.211. The summed E-state index contributed by atoms with van der Waals surface area (Å²) in [5.41, 5.74) is 4.22. The van der Waals surface area contributed by atoms with Gasteiger partial charge in [-0.3, -0.25) is 14.4 Å². The predicted molar refractivity (Wildman–Crippen MR) is 136 cm³/mol. The lowest BCUT2D eigenvalue weighted by atomic mass is 10.1. The molecule has 0 bridgehead atoms. The Hall–Kier alpha value is -4.13. The van der Waals surface area contributed by atoms with Gasteiger partial charge in [0.2, 0.25) is 5.91 Å². The molecule has 0 aliphatic heterocycles. The molecule has 3 aromatic carbocycles. The fourth-order valence-electron chi connectivity index (χ4n) is 3.23. The number of amides is 3. The van der Waals surface area contributed by atoms with Gasteiger partial charge in [0.1, 0.15) is 0 Å². The van der Waals surface area contributed by atoms with Crippen LogP contribution in [0.1, 0.15) is 46.0 Å². The van der Waals surface area contributed by atoms with Crippen LogP contribution < -0.4 is 21.3 Å². The van der Waals surface area contributed by atoms with Crippen molar-refractivity contribution in [3.63, 3.8) is 0 Å². The fraction of sp³-hybridized carbons (Fsp3) is 0.222. The molecule has 7 nitrogen and oxygen atoms in total. The van der Waals surface area contributed by atoms with E-state index in [1.807, 2.05) is 25.1 Å². The summed E-state index contributed by atoms with van der Waals surface area (Å²) >= 11 is 0. The fourth-order valence-corrected chi connectivity index (χ4v) is 3.23. The first-order chi connectivity index (χ1) is 16.4. The zero-order valence-electron chi connectivity index (χ0n) is 19.5. The first-order valence-electron chi connectivity index (χ1n) is 11.3. The zero-order valence-corrected chi connectivity index (χ0v) is 19.5. The van der Waals surface area contributed by atoms with Crippen molar-refractivity contribution in [2.75, 3.05) is 29.0 Å². The van der Waals surface area contributed by atoms with Crippen LogP contribution in [-0.4, -0.2) is 30.8 Å². The third-order valence-electron chi connectivity index (χ3n) is 5.12. The molecule has 0 saturated carbocycles. The van der Waals surface area contributed by atoms with Gasteiger partial charge in [0.05, 0.1) is 6.54 Å². The van der Waals surface area contributed by atoms with Crippen LogP contribution in [0.25, 0.3) is 0 Å². The molecule has 0 unspecified atom stereocenters. The number of carbonyl (C=O) groups is 3. The van der Waals surface area contributed by atoms with E-state index < -0.39 is 0 Å². The van der Waals surface area contributed by atoms with Crippen molar-refractivity contribution in [1.29, 1.82) is 0 Å². The molecule has 0 saturated heterocycles. The first-order valence-corrected chi connectivity index (χ1v) is 11.3. The predicted octanol–water partition coefficient (Wildman–Crippen LogP) is 4.83. The lowest BCUT2D eigenvalue weighted by Gasteiger charge is -2.10. The summed E-state index contributed by atoms with van der Waals surface area (Å²) in [7, 11) is 0. The SMILES string of the molecule is CCCCNC(=O)c1ccc(NC(=O)CNc2ccc(NC(=O)c3cccc(C)c3)cc2)cc1. The molecule has 0 aliphatic rings. The molecule has 3 rings (SSSR count). The van der Waals surface area contributed by atoms with Crippen molar-refractivity contribution in [3.8, 4) is 0 Å². The standard InChI is InChI=1S/C27H30N4O3/c1-3-4-16-28-26(33)20-8-10-23(11-9-20)30-25(32)18-29-22-12-14-24(15-13-22)31-27(34)21-7-5-6-19(2)17-21/h5-15,17,29H,3-4,16,18H2,1-2H3,(H,28,33)(H,30,32)(H,31,34). The number of unbranched alkanes of at least 4 members (excludes halogenated alkanes) is 1. The number of hydrogen-bond acceptors (Lipinski definition) is 4. The van der Waals surface area contributed by atoms with Crippen molar-refractivity contribution >= 4 is 34.8 Å². The van der Waals surface area contributed by atoms with E-state index in [1.54, 1.807) is 54.6 Å². The quantitative estimate of drug-likeness (QED) is 0.327. The Labute approximate surface area is 200 Å². The lowest BCUT2D eigenvalue weighted by Crippen LogP contribution is -2.24. The van der Waals surface area contributed by atoms with Gasteiger partial charge in [-0.25, -0.2) is 0 Å². The number of carbonyl (C=O) groups excluding carboxylic acids is 3. The highest BCUT2D eigenvalue weighted by Gasteiger charge is 2.08. The van der Waals surface area contributed by atoms with E-state index in [2.05, 4.69) is 28.2 Å². The molecule has 0 heterocycles. The monoisotopic (exact) mass is 458 g/mol. The van der Waals surface area contributed by atoms with E-state index in [0.29, 0.717) is 29.0 Å². The first kappa shape index (κ1) is 24.5. The second kappa shape index (κ2) is 12.2. The van der Waals surface area contributed by atoms with Gasteiger partial charge in [0.25, 0.3) is 11.8 Å². The second-order valence-electron chi connectivity index (χ2n) is 7.99. The maximum Gasteiger partial charge on any atom is 0.255 e. The van der Waals surface area contributed by atoms with E-state index in [0.717, 1.165) is 24.1 Å². The van der Waals surface area contributed by atoms with Crippen molar-refractivity contribution in [1.82, 2.24) is 5.32 Å². The van der Waals surface area contributed by atoms with E-state index in [9.17, 15) is 14.4 Å². The molecule has 0 fully saturated rings. The summed E-state index contributed by atoms with van der Waals surface area (Å²) in [6.07, 6.45) is 1.96. The van der Waals surface area contributed by atoms with Gasteiger partial charge < -0.3 is 21.3 Å². The second-order valence-corrected chi connectivity index (χ2v) is 7.99. The van der Waals surface area contributed by atoms with E-state index >= 15 is 0 Å². The Balaban J connectivity index is 1.45. The Bertz CT molecular complexity index is 1130. The van der Waals surface area contributed by atoms with Crippen LogP contribution in [0.15, 0.2) is 72.8 Å². The van der Waals surface area contributed by atoms with E-state index in [-0.39, 0.29) is 24.3 Å². The summed E-state index contributed by atoms with van der Waals surface area (Å²) < 4.78 is 0. The third kappa shape index (κ3) is 7.48. The molecule has 176 valence electrons. The summed E-state index contributed by atoms with van der Waals surface area (Å²) in [5.74, 6) is -0.503. The van der Waals surface area contributed by atoms with E-state index in [1.165, 1.54) is 0 Å². The third-order valence-corrected chi connectivity index (χ3v) is 5.12. The molecular formula is C27H30N4O3. The molecule has 0 spiro atoms. The van der Waals surface area contributed by atoms with Crippen LogP contribution in [0.2, 0.25) is 0 Å². The summed E-state index contributed by atoms with van der Waals surface area (Å²) in [5, 5.41) is 11.6. The Kier molecular flexibility index (Phi) is 8.80. The summed E-state index contributed by atoms with van der Waals surface area (Å²) in [6.45, 7) is 4.74. The number of hydrogen-bond donors (Lipinski definition) is 4. The zero-order chi connectivity index (χ0) is 24.3. The van der Waals surface area contributed by atoms with Gasteiger partial charge >= 0.3 is 0 Å². The summed E-state index contributed by atoms with van der Waals surface area (Å²) in [4.78, 5) is 36.7. The number of anilines is 3. The Morgan fingerprint density at radius 1 is 0.735 bits per heavy atom. The van der Waals surface area contributed by atoms with E-state index in [4.69, 9.17) is 0 Å². The molecule has 0 aromatic heterocycles. The minimum Gasteiger partial charge on any atom is -0.376 e. The van der Waals surface area contributed by atoms with Gasteiger partial charge in [-0.1, -0.05) is 31.0 Å². The maximum atomic E-state index is 12.4. The van der Waals surface area contributed by atoms with Crippen LogP contribution >= 0.6 is 0 Å². The highest BCUT2D eigenvalue weighted by atomic mass is 16.2. The van der Waals surface area contributed by atoms with Crippen molar-refractivity contribution in [3.05, 3.63) is 89.5 Å². The minimum absolute atomic E-state index is 0.0776. The normalized spacial score (nSPS) is 10.3. The molecule has 3 aromatic rings. The molecule has 34 heavy (non-hydrogen) atoms. The maximum absolute atomic E-state index is 12.4.